The molecule has 1 amide bonds. The third-order valence-electron chi connectivity index (χ3n) is 6.44. The highest BCUT2D eigenvalue weighted by Gasteiger charge is 2.58. The number of carboxylic acid groups (broad SMARTS) is 1. The molecule has 9 nitrogen and oxygen atoms in total. The number of carbonyl (C=O) groups is 2. The first-order valence-corrected chi connectivity index (χ1v) is 10.6. The number of nitrogens with zero attached hydrogens (tertiary/aromatic N) is 4. The van der Waals surface area contributed by atoms with E-state index in [1.54, 1.807) is 12.3 Å². The molecule has 5 rings (SSSR count). The highest BCUT2D eigenvalue weighted by Crippen LogP contribution is 2.59. The molecule has 1 unspecified atom stereocenters. The maximum atomic E-state index is 12.4. The molecule has 1 aliphatic carbocycles. The second kappa shape index (κ2) is 8.07. The average Bonchev–Trinajstić information content (AvgIpc) is 3.30. The predicted octanol–water partition coefficient (Wildman–Crippen LogP) is 3.00. The Labute approximate surface area is 184 Å². The van der Waals surface area contributed by atoms with Crippen LogP contribution in [-0.2, 0) is 11.2 Å². The van der Waals surface area contributed by atoms with Crippen LogP contribution in [0.5, 0.6) is 0 Å². The minimum absolute atomic E-state index is 0.0142. The summed E-state index contributed by atoms with van der Waals surface area (Å²) in [4.78, 5) is 30.3. The summed E-state index contributed by atoms with van der Waals surface area (Å²) in [6.45, 7) is 1.57. The zero-order chi connectivity index (χ0) is 22.1. The van der Waals surface area contributed by atoms with Crippen molar-refractivity contribution in [3.05, 3.63) is 66.0 Å². The van der Waals surface area contributed by atoms with E-state index in [0.29, 0.717) is 18.0 Å². The fourth-order valence-electron chi connectivity index (χ4n) is 4.45. The van der Waals surface area contributed by atoms with Gasteiger partial charge in [-0.25, -0.2) is 4.98 Å². The molecule has 0 bridgehead atoms. The number of carbonyl (C=O) groups excluding carboxylic acids is 1. The van der Waals surface area contributed by atoms with Gasteiger partial charge in [0.15, 0.2) is 0 Å². The lowest BCUT2D eigenvalue weighted by Crippen LogP contribution is -2.36. The van der Waals surface area contributed by atoms with Gasteiger partial charge in [0.2, 0.25) is 5.89 Å². The number of carboxylic acids is 1. The lowest BCUT2D eigenvalue weighted by atomic mass is 9.91. The van der Waals surface area contributed by atoms with Crippen LogP contribution in [0.15, 0.2) is 53.1 Å². The Morgan fingerprint density at radius 1 is 1.12 bits per heavy atom. The van der Waals surface area contributed by atoms with Gasteiger partial charge in [-0.05, 0) is 42.4 Å². The molecule has 1 saturated carbocycles. The topological polar surface area (TPSA) is 121 Å². The van der Waals surface area contributed by atoms with Gasteiger partial charge in [-0.15, -0.1) is 10.2 Å². The van der Waals surface area contributed by atoms with Gasteiger partial charge in [-0.2, -0.15) is 0 Å². The highest BCUT2D eigenvalue weighted by atomic mass is 16.4. The lowest BCUT2D eigenvalue weighted by molar-refractivity contribution is -0.139. The maximum Gasteiger partial charge on any atom is 0.313 e. The summed E-state index contributed by atoms with van der Waals surface area (Å²) < 4.78 is 5.49. The summed E-state index contributed by atoms with van der Waals surface area (Å²) >= 11 is 0. The number of hydrogen-bond donors (Lipinski definition) is 2. The number of anilines is 2. The van der Waals surface area contributed by atoms with E-state index in [1.165, 1.54) is 0 Å². The van der Waals surface area contributed by atoms with E-state index < -0.39 is 11.9 Å². The van der Waals surface area contributed by atoms with Gasteiger partial charge in [-0.3, -0.25) is 9.59 Å². The van der Waals surface area contributed by atoms with E-state index in [9.17, 15) is 14.7 Å². The van der Waals surface area contributed by atoms with Crippen molar-refractivity contribution in [2.45, 2.75) is 25.7 Å². The standard InChI is InChI=1S/C23H23N5O4/c29-20(21-27-26-19(32-21)12-15-4-2-1-3-5-15)25-16-6-7-18(24-14-16)28-10-8-23(9-11-28)13-17(23)22(30)31/h1-7,14,17H,8-13H2,(H,25,29)(H,30,31). The molecule has 2 N–H and O–H groups in total. The quantitative estimate of drug-likeness (QED) is 0.608. The van der Waals surface area contributed by atoms with Crippen molar-refractivity contribution in [1.29, 1.82) is 0 Å². The van der Waals surface area contributed by atoms with Crippen molar-refractivity contribution < 1.29 is 19.1 Å². The van der Waals surface area contributed by atoms with E-state index in [0.717, 1.165) is 43.7 Å². The monoisotopic (exact) mass is 433 g/mol. The first-order valence-electron chi connectivity index (χ1n) is 10.6. The van der Waals surface area contributed by atoms with Crippen molar-refractivity contribution in [2.24, 2.45) is 11.3 Å². The van der Waals surface area contributed by atoms with E-state index >= 15 is 0 Å². The Kier molecular flexibility index (Phi) is 5.08. The predicted molar refractivity (Wildman–Crippen MR) is 115 cm³/mol. The number of piperidine rings is 1. The van der Waals surface area contributed by atoms with Crippen LogP contribution in [0, 0.1) is 11.3 Å². The number of benzene rings is 1. The fraction of sp³-hybridized carbons (Fsp3) is 0.348. The Morgan fingerprint density at radius 2 is 1.91 bits per heavy atom. The molecule has 1 saturated heterocycles. The van der Waals surface area contributed by atoms with E-state index in [-0.39, 0.29) is 17.2 Å². The fourth-order valence-corrected chi connectivity index (χ4v) is 4.45. The van der Waals surface area contributed by atoms with Crippen LogP contribution in [0.3, 0.4) is 0 Å². The Hall–Kier alpha value is -3.75. The molecule has 3 heterocycles. The molecular weight excluding hydrogens is 410 g/mol. The number of aromatic nitrogens is 3. The van der Waals surface area contributed by atoms with Crippen LogP contribution < -0.4 is 10.2 Å². The molecule has 2 aromatic heterocycles. The molecule has 0 radical (unpaired) electrons. The summed E-state index contributed by atoms with van der Waals surface area (Å²) in [7, 11) is 0. The van der Waals surface area contributed by atoms with Crippen molar-refractivity contribution in [1.82, 2.24) is 15.2 Å². The molecule has 1 aromatic carbocycles. The van der Waals surface area contributed by atoms with Crippen molar-refractivity contribution in [3.8, 4) is 0 Å². The summed E-state index contributed by atoms with van der Waals surface area (Å²) in [5.74, 6) is -0.261. The molecular formula is C23H23N5O4. The normalized spacial score (nSPS) is 19.0. The van der Waals surface area contributed by atoms with E-state index in [1.807, 2.05) is 36.4 Å². The molecule has 2 aliphatic rings. The minimum atomic E-state index is -0.676. The first-order chi connectivity index (χ1) is 15.5. The van der Waals surface area contributed by atoms with Crippen LogP contribution in [-0.4, -0.2) is 45.3 Å². The second-order valence-corrected chi connectivity index (χ2v) is 8.47. The summed E-state index contributed by atoms with van der Waals surface area (Å²) in [5.41, 5.74) is 1.54. The van der Waals surface area contributed by atoms with Gasteiger partial charge in [0, 0.05) is 13.1 Å². The third-order valence-corrected chi connectivity index (χ3v) is 6.44. The van der Waals surface area contributed by atoms with Crippen LogP contribution in [0.1, 0.15) is 41.4 Å². The first kappa shape index (κ1) is 20.2. The molecule has 9 heteroatoms. The molecule has 1 spiro atoms. The van der Waals surface area contributed by atoms with Crippen LogP contribution >= 0.6 is 0 Å². The summed E-state index contributed by atoms with van der Waals surface area (Å²) in [6.07, 6.45) is 4.58. The molecule has 32 heavy (non-hydrogen) atoms. The molecule has 2 fully saturated rings. The summed E-state index contributed by atoms with van der Waals surface area (Å²) in [5, 5.41) is 19.7. The Morgan fingerprint density at radius 3 is 2.56 bits per heavy atom. The van der Waals surface area contributed by atoms with Crippen molar-refractivity contribution >= 4 is 23.4 Å². The summed E-state index contributed by atoms with van der Waals surface area (Å²) in [6, 6.07) is 13.3. The molecule has 3 aromatic rings. The van der Waals surface area contributed by atoms with Gasteiger partial charge in [-0.1, -0.05) is 30.3 Å². The smallest absolute Gasteiger partial charge is 0.313 e. The Bertz CT molecular complexity index is 1120. The zero-order valence-corrected chi connectivity index (χ0v) is 17.4. The second-order valence-electron chi connectivity index (χ2n) is 8.47. The number of aliphatic carboxylic acids is 1. The third kappa shape index (κ3) is 4.05. The highest BCUT2D eigenvalue weighted by molar-refractivity contribution is 6.00. The number of nitrogens with one attached hydrogen (secondary N) is 1. The molecule has 1 aliphatic heterocycles. The number of amides is 1. The molecule has 1 atom stereocenters. The van der Waals surface area contributed by atoms with Crippen molar-refractivity contribution in [2.75, 3.05) is 23.3 Å². The largest absolute Gasteiger partial charge is 0.481 e. The SMILES string of the molecule is O=C(Nc1ccc(N2CCC3(CC2)CC3C(=O)O)nc1)c1nnc(Cc2ccccc2)o1. The van der Waals surface area contributed by atoms with Gasteiger partial charge in [0.05, 0.1) is 24.2 Å². The van der Waals surface area contributed by atoms with Crippen LogP contribution in [0.25, 0.3) is 0 Å². The van der Waals surface area contributed by atoms with Crippen LogP contribution in [0.4, 0.5) is 11.5 Å². The minimum Gasteiger partial charge on any atom is -0.481 e. The average molecular weight is 433 g/mol. The van der Waals surface area contributed by atoms with Gasteiger partial charge in [0.25, 0.3) is 0 Å². The number of hydrogen-bond acceptors (Lipinski definition) is 7. The Balaban J connectivity index is 1.16. The van der Waals surface area contributed by atoms with Gasteiger partial charge >= 0.3 is 17.8 Å². The van der Waals surface area contributed by atoms with Gasteiger partial charge < -0.3 is 19.7 Å². The number of rotatable bonds is 6. The number of pyridine rings is 1. The lowest BCUT2D eigenvalue weighted by Gasteiger charge is -2.33. The van der Waals surface area contributed by atoms with Gasteiger partial charge in [0.1, 0.15) is 5.82 Å². The van der Waals surface area contributed by atoms with Crippen LogP contribution in [0.2, 0.25) is 0 Å². The zero-order valence-electron chi connectivity index (χ0n) is 17.4. The van der Waals surface area contributed by atoms with Crippen molar-refractivity contribution in [3.63, 3.8) is 0 Å². The van der Waals surface area contributed by atoms with E-state index in [4.69, 9.17) is 4.42 Å². The molecule has 164 valence electrons. The maximum absolute atomic E-state index is 12.4. The van der Waals surface area contributed by atoms with E-state index in [2.05, 4.69) is 25.4 Å².